The number of ether oxygens (including phenoxy) is 1. The van der Waals surface area contributed by atoms with E-state index in [1.165, 1.54) is 0 Å². The van der Waals surface area contributed by atoms with Crippen molar-refractivity contribution in [2.75, 3.05) is 5.32 Å². The van der Waals surface area contributed by atoms with Crippen LogP contribution in [0.2, 0.25) is 0 Å². The van der Waals surface area contributed by atoms with Crippen LogP contribution in [0.4, 0.5) is 5.69 Å². The number of rotatable bonds is 1. The van der Waals surface area contributed by atoms with Crippen LogP contribution in [0.25, 0.3) is 0 Å². The molecule has 2 nitrogen and oxygen atoms in total. The van der Waals surface area contributed by atoms with Gasteiger partial charge in [-0.25, -0.2) is 0 Å². The van der Waals surface area contributed by atoms with Gasteiger partial charge in [-0.3, -0.25) is 0 Å². The highest BCUT2D eigenvalue weighted by Crippen LogP contribution is 2.39. The normalized spacial score (nSPS) is 25.9. The van der Waals surface area contributed by atoms with Gasteiger partial charge in [0, 0.05) is 10.0 Å². The van der Waals surface area contributed by atoms with E-state index in [4.69, 9.17) is 16.3 Å². The zero-order valence-electron chi connectivity index (χ0n) is 8.99. The van der Waals surface area contributed by atoms with E-state index in [1.54, 1.807) is 0 Å². The summed E-state index contributed by atoms with van der Waals surface area (Å²) in [5.74, 6) is 0.881. The summed E-state index contributed by atoms with van der Waals surface area (Å²) in [4.78, 5) is 0. The average molecular weight is 313 g/mol. The predicted molar refractivity (Wildman–Crippen MR) is 73.7 cm³/mol. The highest BCUT2D eigenvalue weighted by atomic mass is 79.9. The van der Waals surface area contributed by atoms with Crippen molar-refractivity contribution in [2.24, 2.45) is 0 Å². The van der Waals surface area contributed by atoms with Gasteiger partial charge in [-0.05, 0) is 34.5 Å². The van der Waals surface area contributed by atoms with E-state index in [9.17, 15) is 0 Å². The molecule has 4 heteroatoms. The van der Waals surface area contributed by atoms with E-state index in [0.29, 0.717) is 0 Å². The average Bonchev–Trinajstić information content (AvgIpc) is 2.75. The molecular formula is C13H11BrClNO. The van der Waals surface area contributed by atoms with Crippen LogP contribution in [0, 0.1) is 0 Å². The second-order valence-corrected chi connectivity index (χ2v) is 5.49. The molecule has 3 rings (SSSR count). The Hall–Kier alpha value is -0.930. The minimum Gasteiger partial charge on any atom is -0.464 e. The maximum absolute atomic E-state index is 6.00. The highest BCUT2D eigenvalue weighted by molar-refractivity contribution is 9.10. The van der Waals surface area contributed by atoms with Crippen molar-refractivity contribution in [2.45, 2.75) is 18.0 Å². The molecule has 1 aliphatic heterocycles. The fourth-order valence-corrected chi connectivity index (χ4v) is 2.61. The number of hydrogen-bond acceptors (Lipinski definition) is 2. The lowest BCUT2D eigenvalue weighted by Crippen LogP contribution is -2.23. The first-order valence-corrected chi connectivity index (χ1v) is 6.71. The number of nitrogens with one attached hydrogen (secondary N) is 1. The van der Waals surface area contributed by atoms with Crippen molar-refractivity contribution in [3.05, 3.63) is 46.5 Å². The third-order valence-corrected chi connectivity index (χ3v) is 3.86. The molecule has 2 aliphatic rings. The van der Waals surface area contributed by atoms with E-state index >= 15 is 0 Å². The van der Waals surface area contributed by atoms with Crippen LogP contribution >= 0.6 is 27.5 Å². The smallest absolute Gasteiger partial charge is 0.196 e. The van der Waals surface area contributed by atoms with Crippen molar-refractivity contribution >= 4 is 33.2 Å². The second kappa shape index (κ2) is 4.39. The molecule has 2 atom stereocenters. The van der Waals surface area contributed by atoms with E-state index in [-0.39, 0.29) is 11.6 Å². The van der Waals surface area contributed by atoms with Gasteiger partial charge in [0.2, 0.25) is 0 Å². The number of alkyl halides is 1. The molecule has 1 aromatic carbocycles. The summed E-state index contributed by atoms with van der Waals surface area (Å²) in [5.41, 5.74) is 2.14. The maximum atomic E-state index is 6.00. The molecule has 0 saturated heterocycles. The zero-order chi connectivity index (χ0) is 11.8. The SMILES string of the molecule is ClC1C=CC(C2Nc3c(Br)cccc3O2)=CC1. The minimum atomic E-state index is -0.107. The van der Waals surface area contributed by atoms with Crippen molar-refractivity contribution in [3.63, 3.8) is 0 Å². The quantitative estimate of drug-likeness (QED) is 0.789. The number of fused-ring (bicyclic) bond motifs is 1. The number of para-hydroxylation sites is 1. The Balaban J connectivity index is 1.83. The molecule has 0 bridgehead atoms. The number of allylic oxidation sites excluding steroid dienone is 2. The molecule has 0 saturated carbocycles. The van der Waals surface area contributed by atoms with E-state index in [0.717, 1.165) is 27.9 Å². The van der Waals surface area contributed by atoms with Gasteiger partial charge in [-0.1, -0.05) is 24.3 Å². The van der Waals surface area contributed by atoms with Crippen molar-refractivity contribution in [3.8, 4) is 5.75 Å². The van der Waals surface area contributed by atoms with Gasteiger partial charge in [0.15, 0.2) is 6.23 Å². The molecule has 0 amide bonds. The fourth-order valence-electron chi connectivity index (χ4n) is 1.99. The lowest BCUT2D eigenvalue weighted by molar-refractivity contribution is 0.293. The van der Waals surface area contributed by atoms with Gasteiger partial charge >= 0.3 is 0 Å². The summed E-state index contributed by atoms with van der Waals surface area (Å²) in [5, 5.41) is 3.46. The van der Waals surface area contributed by atoms with E-state index < -0.39 is 0 Å². The summed E-state index contributed by atoms with van der Waals surface area (Å²) in [6.45, 7) is 0. The van der Waals surface area contributed by atoms with Crippen LogP contribution in [0.15, 0.2) is 46.5 Å². The first-order valence-electron chi connectivity index (χ1n) is 5.48. The van der Waals surface area contributed by atoms with Crippen LogP contribution in [0.3, 0.4) is 0 Å². The highest BCUT2D eigenvalue weighted by Gasteiger charge is 2.26. The third kappa shape index (κ3) is 2.09. The van der Waals surface area contributed by atoms with Gasteiger partial charge in [0.1, 0.15) is 5.75 Å². The molecule has 2 unspecified atom stereocenters. The first-order chi connectivity index (χ1) is 8.24. The van der Waals surface area contributed by atoms with Crippen LogP contribution in [0.5, 0.6) is 5.75 Å². The Morgan fingerprint density at radius 3 is 3.00 bits per heavy atom. The molecule has 0 spiro atoms. The molecule has 1 aliphatic carbocycles. The first kappa shape index (κ1) is 11.2. The Morgan fingerprint density at radius 1 is 1.41 bits per heavy atom. The Morgan fingerprint density at radius 2 is 2.29 bits per heavy atom. The number of anilines is 1. The molecule has 1 heterocycles. The van der Waals surface area contributed by atoms with E-state index in [2.05, 4.69) is 27.3 Å². The standard InChI is InChI=1S/C13H11BrClNO/c14-10-2-1-3-11-12(10)16-13(17-11)8-4-6-9(15)7-5-8/h1-6,9,13,16H,7H2. The zero-order valence-corrected chi connectivity index (χ0v) is 11.3. The molecule has 88 valence electrons. The van der Waals surface area contributed by atoms with Crippen LogP contribution in [-0.4, -0.2) is 11.6 Å². The summed E-state index contributed by atoms with van der Waals surface area (Å²) < 4.78 is 6.88. The number of halogens is 2. The predicted octanol–water partition coefficient (Wildman–Crippen LogP) is 4.07. The van der Waals surface area contributed by atoms with Crippen LogP contribution in [0.1, 0.15) is 6.42 Å². The lowest BCUT2D eigenvalue weighted by Gasteiger charge is -2.16. The lowest BCUT2D eigenvalue weighted by atomic mass is 10.1. The monoisotopic (exact) mass is 311 g/mol. The van der Waals surface area contributed by atoms with Gasteiger partial charge in [0.05, 0.1) is 11.1 Å². The van der Waals surface area contributed by atoms with Crippen LogP contribution < -0.4 is 10.1 Å². The molecule has 1 N–H and O–H groups in total. The van der Waals surface area contributed by atoms with E-state index in [1.807, 2.05) is 30.4 Å². The number of benzene rings is 1. The van der Waals surface area contributed by atoms with Crippen LogP contribution in [-0.2, 0) is 0 Å². The largest absolute Gasteiger partial charge is 0.464 e. The molecule has 0 radical (unpaired) electrons. The molecular weight excluding hydrogens is 302 g/mol. The molecule has 0 aromatic heterocycles. The second-order valence-electron chi connectivity index (χ2n) is 4.07. The van der Waals surface area contributed by atoms with Crippen molar-refractivity contribution in [1.82, 2.24) is 0 Å². The molecule has 17 heavy (non-hydrogen) atoms. The molecule has 1 aromatic rings. The minimum absolute atomic E-state index is 0.106. The van der Waals surface area contributed by atoms with Gasteiger partial charge in [-0.15, -0.1) is 11.6 Å². The Bertz CT molecular complexity index is 512. The maximum Gasteiger partial charge on any atom is 0.196 e. The summed E-state index contributed by atoms with van der Waals surface area (Å²) in [6, 6.07) is 5.93. The molecule has 0 fully saturated rings. The van der Waals surface area contributed by atoms with Gasteiger partial charge in [0.25, 0.3) is 0 Å². The fraction of sp³-hybridized carbons (Fsp3) is 0.231. The number of hydrogen-bond donors (Lipinski definition) is 1. The van der Waals surface area contributed by atoms with Crippen molar-refractivity contribution < 1.29 is 4.74 Å². The summed E-state index contributed by atoms with van der Waals surface area (Å²) >= 11 is 9.51. The Kier molecular flexibility index (Phi) is 2.89. The summed E-state index contributed by atoms with van der Waals surface area (Å²) in [6.07, 6.45) is 6.89. The topological polar surface area (TPSA) is 21.3 Å². The third-order valence-electron chi connectivity index (χ3n) is 2.87. The Labute approximate surface area is 113 Å². The van der Waals surface area contributed by atoms with Gasteiger partial charge in [-0.2, -0.15) is 0 Å². The van der Waals surface area contributed by atoms with Crippen molar-refractivity contribution in [1.29, 1.82) is 0 Å². The summed E-state index contributed by atoms with van der Waals surface area (Å²) in [7, 11) is 0. The van der Waals surface area contributed by atoms with Gasteiger partial charge < -0.3 is 10.1 Å².